The second-order valence-corrected chi connectivity index (χ2v) is 19.0. The van der Waals surface area contributed by atoms with E-state index >= 15 is 0 Å². The number of carboxylic acids is 1. The van der Waals surface area contributed by atoms with Gasteiger partial charge in [0.2, 0.25) is 0 Å². The van der Waals surface area contributed by atoms with Crippen LogP contribution in [0.4, 0.5) is 0 Å². The van der Waals surface area contributed by atoms with Crippen molar-refractivity contribution in [3.8, 4) is 0 Å². The summed E-state index contributed by atoms with van der Waals surface area (Å²) in [6.45, 7) is 10.2. The number of fused-ring (bicyclic) bond motifs is 1. The van der Waals surface area contributed by atoms with Crippen LogP contribution >= 0.6 is 0 Å². The fourth-order valence-electron chi connectivity index (χ4n) is 11.5. The van der Waals surface area contributed by atoms with Gasteiger partial charge in [0.25, 0.3) is 0 Å². The Balaban J connectivity index is 1.40. The molecule has 5 rings (SSSR count). The molecule has 9 N–H and O–H groups in total. The molecule has 1 aromatic heterocycles. The molecule has 0 amide bonds. The highest BCUT2D eigenvalue weighted by Gasteiger charge is 2.55. The summed E-state index contributed by atoms with van der Waals surface area (Å²) < 4.78 is 0. The van der Waals surface area contributed by atoms with Crippen LogP contribution in [-0.2, 0) is 4.79 Å². The highest BCUT2D eigenvalue weighted by atomic mass is 16.4. The van der Waals surface area contributed by atoms with Gasteiger partial charge in [-0.1, -0.05) is 78.0 Å². The molecule has 0 bridgehead atoms. The Hall–Kier alpha value is -2.59. The van der Waals surface area contributed by atoms with Crippen molar-refractivity contribution >= 4 is 5.97 Å². The summed E-state index contributed by atoms with van der Waals surface area (Å²) in [5.41, 5.74) is 8.71. The van der Waals surface area contributed by atoms with E-state index in [0.29, 0.717) is 49.5 Å². The van der Waals surface area contributed by atoms with Crippen molar-refractivity contribution in [2.45, 2.75) is 160 Å². The van der Waals surface area contributed by atoms with Crippen LogP contribution in [-0.4, -0.2) is 69.3 Å². The van der Waals surface area contributed by atoms with Crippen molar-refractivity contribution in [1.82, 2.24) is 15.6 Å². The van der Waals surface area contributed by atoms with E-state index in [-0.39, 0.29) is 48.0 Å². The van der Waals surface area contributed by atoms with Crippen LogP contribution in [0.1, 0.15) is 154 Å². The number of aromatic amines is 1. The molecule has 0 unspecified atom stereocenters. The Morgan fingerprint density at radius 1 is 1.02 bits per heavy atom. The maximum absolute atomic E-state index is 13.2. The van der Waals surface area contributed by atoms with Gasteiger partial charge in [-0.3, -0.25) is 4.79 Å². The lowest BCUT2D eigenvalue weighted by Gasteiger charge is -2.44. The zero-order valence-corrected chi connectivity index (χ0v) is 35.4. The van der Waals surface area contributed by atoms with Crippen molar-refractivity contribution in [2.24, 2.45) is 53.1 Å². The van der Waals surface area contributed by atoms with E-state index in [1.54, 1.807) is 0 Å². The average Bonchev–Trinajstić information content (AvgIpc) is 3.75. The predicted octanol–water partition coefficient (Wildman–Crippen LogP) is 8.12. The number of nitrogens with one attached hydrogen (secondary N) is 3. The number of carbonyl (C=O) groups is 1. The van der Waals surface area contributed by atoms with Gasteiger partial charge in [-0.05, 0) is 136 Å². The van der Waals surface area contributed by atoms with E-state index in [1.165, 1.54) is 30.4 Å². The molecule has 3 aliphatic carbocycles. The van der Waals surface area contributed by atoms with Gasteiger partial charge in [0, 0.05) is 42.7 Å². The van der Waals surface area contributed by atoms with Gasteiger partial charge >= 0.3 is 5.97 Å². The summed E-state index contributed by atoms with van der Waals surface area (Å²) in [6.07, 6.45) is 23.6. The molecule has 4 aliphatic rings. The smallest absolute Gasteiger partial charge is 0.309 e. The molecule has 0 saturated heterocycles. The molecule has 1 aromatic rings. The van der Waals surface area contributed by atoms with Gasteiger partial charge in [-0.15, -0.1) is 0 Å². The largest absolute Gasteiger partial charge is 0.481 e. The molecular weight excluding hydrogens is 701 g/mol. The highest BCUT2D eigenvalue weighted by Crippen LogP contribution is 2.55. The van der Waals surface area contributed by atoms with Crippen molar-refractivity contribution in [3.63, 3.8) is 0 Å². The van der Waals surface area contributed by atoms with Crippen LogP contribution in [0.25, 0.3) is 0 Å². The second kappa shape index (κ2) is 20.9. The normalized spacial score (nSPS) is 34.4. The molecule has 0 radical (unpaired) electrons. The fraction of sp³-hybridized carbons (Fsp3) is 0.766. The van der Waals surface area contributed by atoms with E-state index in [4.69, 9.17) is 5.73 Å². The number of dihydropyridines is 1. The number of hydrogen-bond acceptors (Lipinski definition) is 7. The van der Waals surface area contributed by atoms with Crippen molar-refractivity contribution in [3.05, 3.63) is 59.2 Å². The quantitative estimate of drug-likeness (QED) is 0.0547. The third-order valence-electron chi connectivity index (χ3n) is 14.3. The summed E-state index contributed by atoms with van der Waals surface area (Å²) in [6, 6.07) is 2.33. The van der Waals surface area contributed by atoms with Crippen LogP contribution in [0, 0.1) is 47.3 Å². The number of aliphatic hydroxyl groups excluding tert-OH is 2. The molecule has 316 valence electrons. The SMILES string of the molecule is CCCCC[C@H]1C=C[C@@H](CCCC[C@@H]2CC[C@H](c3cc([C@H](C)CC(C)C)c[nH]3)[C@@H]3C[C@H](CC4=CCNC(N)=C4)C[C@]3(O)[C@H](CNC)C[C@@H](O)[C@@H]2C(=O)O)[C@@H](O)C1. The minimum atomic E-state index is -1.09. The van der Waals surface area contributed by atoms with E-state index in [1.807, 2.05) is 13.1 Å². The first-order valence-electron chi connectivity index (χ1n) is 22.5. The van der Waals surface area contributed by atoms with Crippen LogP contribution in [0.2, 0.25) is 0 Å². The van der Waals surface area contributed by atoms with Gasteiger partial charge in [-0.25, -0.2) is 0 Å². The van der Waals surface area contributed by atoms with Crippen LogP contribution < -0.4 is 16.4 Å². The van der Waals surface area contributed by atoms with Gasteiger partial charge in [-0.2, -0.15) is 0 Å². The van der Waals surface area contributed by atoms with Crippen molar-refractivity contribution < 1.29 is 25.2 Å². The van der Waals surface area contributed by atoms with Crippen LogP contribution in [0.15, 0.2) is 48.0 Å². The maximum Gasteiger partial charge on any atom is 0.309 e. The third-order valence-corrected chi connectivity index (χ3v) is 14.3. The second-order valence-electron chi connectivity index (χ2n) is 19.0. The first kappa shape index (κ1) is 44.5. The molecule has 0 aromatic carbocycles. The maximum atomic E-state index is 13.2. The fourth-order valence-corrected chi connectivity index (χ4v) is 11.5. The Morgan fingerprint density at radius 2 is 1.79 bits per heavy atom. The van der Waals surface area contributed by atoms with Gasteiger partial charge < -0.3 is 41.8 Å². The number of carboxylic acid groups (broad SMARTS) is 1. The number of aliphatic hydroxyl groups is 3. The van der Waals surface area contributed by atoms with Crippen molar-refractivity contribution in [1.29, 1.82) is 0 Å². The molecule has 2 saturated carbocycles. The molecular formula is C47H78N4O5. The molecule has 1 aliphatic heterocycles. The molecule has 12 atom stereocenters. The Labute approximate surface area is 338 Å². The lowest BCUT2D eigenvalue weighted by molar-refractivity contribution is -0.152. The summed E-state index contributed by atoms with van der Waals surface area (Å²) in [7, 11) is 1.89. The number of allylic oxidation sites excluding steroid dienone is 3. The Bertz CT molecular complexity index is 1470. The Kier molecular flexibility index (Phi) is 16.6. The van der Waals surface area contributed by atoms with Crippen molar-refractivity contribution in [2.75, 3.05) is 20.1 Å². The summed E-state index contributed by atoms with van der Waals surface area (Å²) in [5.74, 6) is 0.104. The molecule has 9 nitrogen and oxygen atoms in total. The van der Waals surface area contributed by atoms with Gasteiger partial charge in [0.15, 0.2) is 0 Å². The summed E-state index contributed by atoms with van der Waals surface area (Å²) >= 11 is 0. The molecule has 9 heteroatoms. The summed E-state index contributed by atoms with van der Waals surface area (Å²) in [5, 5.41) is 53.4. The number of aliphatic carboxylic acids is 1. The van der Waals surface area contributed by atoms with E-state index in [2.05, 4.69) is 73.8 Å². The number of rotatable bonds is 18. The van der Waals surface area contributed by atoms with Crippen LogP contribution in [0.3, 0.4) is 0 Å². The van der Waals surface area contributed by atoms with E-state index in [9.17, 15) is 25.2 Å². The number of H-pyrrole nitrogens is 1. The number of unbranched alkanes of at least 4 members (excludes halogenated alkanes) is 3. The third kappa shape index (κ3) is 11.5. The topological polar surface area (TPSA) is 164 Å². The van der Waals surface area contributed by atoms with Crippen LogP contribution in [0.5, 0.6) is 0 Å². The number of hydrogen-bond donors (Lipinski definition) is 8. The van der Waals surface area contributed by atoms with Gasteiger partial charge in [0.05, 0.1) is 29.5 Å². The monoisotopic (exact) mass is 779 g/mol. The number of nitrogens with two attached hydrogens (primary N) is 1. The zero-order chi connectivity index (χ0) is 40.4. The predicted molar refractivity (Wildman–Crippen MR) is 227 cm³/mol. The number of aromatic nitrogens is 1. The molecule has 56 heavy (non-hydrogen) atoms. The standard InChI is InChI=1S/C47H78N4O5/c1-6-7-8-11-32-14-15-35(42(52)23-32)12-9-10-13-36-16-17-39(41-25-37(28-51-41)31(4)20-30(2)3)40-22-34(21-33-18-19-50-44(48)24-33)27-47(40,56)38(29-49-5)26-43(53)45(36)46(54)55/h14-15,18,24-25,28,30-32,34-36,38-40,42-43,45,49-53,56H,6-13,16-17,19-23,26-27,29,48H2,1-5H3,(H,54,55)/t31-,32+,34+,35-,36-,38+,39+,40+,42+,43-,45-,47+/m1/s1. The lowest BCUT2D eigenvalue weighted by Crippen LogP contribution is -2.51. The van der Waals surface area contributed by atoms with E-state index < -0.39 is 23.6 Å². The summed E-state index contributed by atoms with van der Waals surface area (Å²) in [4.78, 5) is 16.9. The lowest BCUT2D eigenvalue weighted by atomic mass is 9.65. The van der Waals surface area contributed by atoms with Gasteiger partial charge in [0.1, 0.15) is 0 Å². The first-order valence-corrected chi connectivity index (χ1v) is 22.5. The average molecular weight is 779 g/mol. The van der Waals surface area contributed by atoms with E-state index in [0.717, 1.165) is 69.9 Å². The Morgan fingerprint density at radius 3 is 2.48 bits per heavy atom. The first-order chi connectivity index (χ1) is 26.8. The molecule has 0 spiro atoms. The zero-order valence-electron chi connectivity index (χ0n) is 35.4. The molecule has 2 heterocycles. The minimum absolute atomic E-state index is 0.0203. The highest BCUT2D eigenvalue weighted by molar-refractivity contribution is 5.71. The minimum Gasteiger partial charge on any atom is -0.481 e. The molecule has 2 fully saturated rings.